The predicted octanol–water partition coefficient (Wildman–Crippen LogP) is 3.18. The van der Waals surface area contributed by atoms with Gasteiger partial charge in [0.15, 0.2) is 0 Å². The fraction of sp³-hybridized carbons (Fsp3) is 0.231. The van der Waals surface area contributed by atoms with E-state index in [4.69, 9.17) is 0 Å². The monoisotopic (exact) mass is 243 g/mol. The van der Waals surface area contributed by atoms with Crippen LogP contribution in [-0.2, 0) is 5.75 Å². The van der Waals surface area contributed by atoms with Gasteiger partial charge in [-0.3, -0.25) is 0 Å². The van der Waals surface area contributed by atoms with Crippen LogP contribution in [0.1, 0.15) is 12.5 Å². The summed E-state index contributed by atoms with van der Waals surface area (Å²) in [5, 5.41) is 11.8. The van der Waals surface area contributed by atoms with Crippen molar-refractivity contribution in [2.75, 3.05) is 11.9 Å². The first-order valence-electron chi connectivity index (χ1n) is 5.71. The van der Waals surface area contributed by atoms with Crippen molar-refractivity contribution in [1.29, 1.82) is 0 Å². The van der Waals surface area contributed by atoms with E-state index in [1.165, 1.54) is 16.0 Å². The Labute approximate surface area is 105 Å². The van der Waals surface area contributed by atoms with Crippen molar-refractivity contribution in [2.24, 2.45) is 0 Å². The van der Waals surface area contributed by atoms with Gasteiger partial charge in [-0.2, -0.15) is 0 Å². The van der Waals surface area contributed by atoms with Crippen molar-refractivity contribution < 1.29 is 0 Å². The van der Waals surface area contributed by atoms with Gasteiger partial charge in [0, 0.05) is 22.8 Å². The molecule has 1 aliphatic rings. The summed E-state index contributed by atoms with van der Waals surface area (Å²) in [6.45, 7) is 2.93. The Hall–Kier alpha value is -1.55. The second-order valence-electron chi connectivity index (χ2n) is 3.92. The lowest BCUT2D eigenvalue weighted by Crippen LogP contribution is -2.05. The summed E-state index contributed by atoms with van der Waals surface area (Å²) in [5.41, 5.74) is 3.50. The number of nitrogens with one attached hydrogen (secondary N) is 1. The van der Waals surface area contributed by atoms with E-state index in [0.717, 1.165) is 23.8 Å². The Morgan fingerprint density at radius 3 is 3.06 bits per heavy atom. The minimum Gasteiger partial charge on any atom is -0.369 e. The maximum atomic E-state index is 4.35. The third-order valence-electron chi connectivity index (χ3n) is 2.76. The van der Waals surface area contributed by atoms with Gasteiger partial charge >= 0.3 is 0 Å². The number of aromatic nitrogens is 2. The lowest BCUT2D eigenvalue weighted by Gasteiger charge is -2.18. The lowest BCUT2D eigenvalue weighted by atomic mass is 10.1. The zero-order valence-electron chi connectivity index (χ0n) is 9.60. The van der Waals surface area contributed by atoms with Crippen molar-refractivity contribution >= 4 is 17.6 Å². The standard InChI is InChI=1S/C13H13N3S/c1-2-14-12-7-9-8-17-11-6-4-3-5-10(11)13(9)16-15-12/h3-7H,2,8H2,1H3,(H,14,15). The smallest absolute Gasteiger partial charge is 0.148 e. The molecule has 1 aromatic heterocycles. The van der Waals surface area contributed by atoms with Gasteiger partial charge < -0.3 is 5.32 Å². The number of anilines is 1. The van der Waals surface area contributed by atoms with E-state index in [1.807, 2.05) is 17.8 Å². The van der Waals surface area contributed by atoms with E-state index in [9.17, 15) is 0 Å². The van der Waals surface area contributed by atoms with Gasteiger partial charge in [0.1, 0.15) is 5.82 Å². The molecule has 2 aromatic rings. The minimum atomic E-state index is 0.867. The van der Waals surface area contributed by atoms with Crippen molar-refractivity contribution in [3.8, 4) is 11.3 Å². The highest BCUT2D eigenvalue weighted by molar-refractivity contribution is 7.98. The van der Waals surface area contributed by atoms with Crippen molar-refractivity contribution in [3.63, 3.8) is 0 Å². The van der Waals surface area contributed by atoms with E-state index in [2.05, 4.69) is 46.7 Å². The molecule has 0 saturated carbocycles. The van der Waals surface area contributed by atoms with Gasteiger partial charge in [0.2, 0.25) is 0 Å². The molecule has 0 unspecified atom stereocenters. The summed E-state index contributed by atoms with van der Waals surface area (Å²) in [4.78, 5) is 1.30. The van der Waals surface area contributed by atoms with Crippen molar-refractivity contribution in [3.05, 3.63) is 35.9 Å². The number of thioether (sulfide) groups is 1. The topological polar surface area (TPSA) is 37.8 Å². The number of nitrogens with zero attached hydrogens (tertiary/aromatic N) is 2. The minimum absolute atomic E-state index is 0.867. The van der Waals surface area contributed by atoms with Crippen LogP contribution in [0.15, 0.2) is 35.2 Å². The van der Waals surface area contributed by atoms with Crippen LogP contribution < -0.4 is 5.32 Å². The number of fused-ring (bicyclic) bond motifs is 3. The second-order valence-corrected chi connectivity index (χ2v) is 4.94. The molecule has 3 nitrogen and oxygen atoms in total. The highest BCUT2D eigenvalue weighted by Gasteiger charge is 2.18. The third-order valence-corrected chi connectivity index (χ3v) is 3.88. The van der Waals surface area contributed by atoms with Crippen LogP contribution in [0.2, 0.25) is 0 Å². The summed E-state index contributed by atoms with van der Waals surface area (Å²) >= 11 is 1.86. The summed E-state index contributed by atoms with van der Waals surface area (Å²) in [6, 6.07) is 10.5. The number of benzene rings is 1. The Kier molecular flexibility index (Phi) is 2.73. The van der Waals surface area contributed by atoms with E-state index < -0.39 is 0 Å². The summed E-state index contributed by atoms with van der Waals surface area (Å²) in [6.07, 6.45) is 0. The highest BCUT2D eigenvalue weighted by Crippen LogP contribution is 2.40. The first-order valence-corrected chi connectivity index (χ1v) is 6.69. The normalized spacial score (nSPS) is 12.8. The zero-order valence-corrected chi connectivity index (χ0v) is 10.4. The van der Waals surface area contributed by atoms with Crippen LogP contribution in [0.5, 0.6) is 0 Å². The zero-order chi connectivity index (χ0) is 11.7. The number of hydrogen-bond donors (Lipinski definition) is 1. The maximum absolute atomic E-state index is 4.35. The van der Waals surface area contributed by atoms with Crippen LogP contribution in [-0.4, -0.2) is 16.7 Å². The molecule has 0 saturated heterocycles. The van der Waals surface area contributed by atoms with Crippen molar-refractivity contribution in [2.45, 2.75) is 17.6 Å². The van der Waals surface area contributed by atoms with E-state index in [1.54, 1.807) is 0 Å². The van der Waals surface area contributed by atoms with E-state index in [-0.39, 0.29) is 0 Å². The van der Waals surface area contributed by atoms with Gasteiger partial charge in [-0.15, -0.1) is 22.0 Å². The molecule has 3 rings (SSSR count). The third kappa shape index (κ3) is 1.89. The van der Waals surface area contributed by atoms with Gasteiger partial charge in [-0.25, -0.2) is 0 Å². The summed E-state index contributed by atoms with van der Waals surface area (Å²) in [7, 11) is 0. The van der Waals surface area contributed by atoms with Gasteiger partial charge in [-0.1, -0.05) is 18.2 Å². The molecule has 0 aliphatic carbocycles. The average Bonchev–Trinajstić information content (AvgIpc) is 2.39. The Morgan fingerprint density at radius 1 is 1.29 bits per heavy atom. The molecule has 17 heavy (non-hydrogen) atoms. The van der Waals surface area contributed by atoms with Crippen LogP contribution in [0.4, 0.5) is 5.82 Å². The Balaban J connectivity index is 2.08. The molecule has 0 fully saturated rings. The fourth-order valence-electron chi connectivity index (χ4n) is 1.98. The summed E-state index contributed by atoms with van der Waals surface area (Å²) < 4.78 is 0. The molecule has 0 radical (unpaired) electrons. The van der Waals surface area contributed by atoms with Gasteiger partial charge in [0.05, 0.1) is 5.69 Å². The lowest BCUT2D eigenvalue weighted by molar-refractivity contribution is 0.995. The molecule has 1 aromatic carbocycles. The molecule has 0 spiro atoms. The molecular formula is C13H13N3S. The molecule has 0 bridgehead atoms. The van der Waals surface area contributed by atoms with Crippen LogP contribution in [0.3, 0.4) is 0 Å². The fourth-order valence-corrected chi connectivity index (χ4v) is 3.00. The van der Waals surface area contributed by atoms with Gasteiger partial charge in [0.25, 0.3) is 0 Å². The van der Waals surface area contributed by atoms with Crippen LogP contribution in [0, 0.1) is 0 Å². The Morgan fingerprint density at radius 2 is 2.18 bits per heavy atom. The first-order chi connectivity index (χ1) is 8.38. The molecule has 86 valence electrons. The van der Waals surface area contributed by atoms with Crippen LogP contribution in [0.25, 0.3) is 11.3 Å². The summed E-state index contributed by atoms with van der Waals surface area (Å²) in [5.74, 6) is 1.84. The molecule has 1 N–H and O–H groups in total. The second kappa shape index (κ2) is 4.37. The Bertz CT molecular complexity index is 554. The maximum Gasteiger partial charge on any atom is 0.148 e. The predicted molar refractivity (Wildman–Crippen MR) is 71.2 cm³/mol. The average molecular weight is 243 g/mol. The molecule has 2 heterocycles. The van der Waals surface area contributed by atoms with Gasteiger partial charge in [-0.05, 0) is 24.6 Å². The highest BCUT2D eigenvalue weighted by atomic mass is 32.2. The van der Waals surface area contributed by atoms with Crippen molar-refractivity contribution in [1.82, 2.24) is 10.2 Å². The van der Waals surface area contributed by atoms with Crippen LogP contribution >= 0.6 is 11.8 Å². The number of rotatable bonds is 2. The largest absolute Gasteiger partial charge is 0.369 e. The number of hydrogen-bond acceptors (Lipinski definition) is 4. The SMILES string of the molecule is CCNc1cc2c(nn1)-c1ccccc1SC2. The molecule has 4 heteroatoms. The molecule has 0 amide bonds. The molecular weight excluding hydrogens is 230 g/mol. The molecule has 1 aliphatic heterocycles. The molecule has 0 atom stereocenters. The van der Waals surface area contributed by atoms with E-state index >= 15 is 0 Å². The first kappa shape index (κ1) is 10.6. The van der Waals surface area contributed by atoms with E-state index in [0.29, 0.717) is 0 Å². The quantitative estimate of drug-likeness (QED) is 0.879.